The van der Waals surface area contributed by atoms with Crippen LogP contribution in [0.5, 0.6) is 0 Å². The maximum absolute atomic E-state index is 13.6. The fourth-order valence-corrected chi connectivity index (χ4v) is 5.58. The highest BCUT2D eigenvalue weighted by Crippen LogP contribution is 2.31. The largest absolute Gasteiger partial charge is 0.478 e. The second kappa shape index (κ2) is 23.0. The van der Waals surface area contributed by atoms with Crippen LogP contribution < -0.4 is 5.32 Å². The number of carboxylic acids is 4. The Morgan fingerprint density at radius 1 is 0.814 bits per heavy atom. The molecule has 0 saturated carbocycles. The third-order valence-electron chi connectivity index (χ3n) is 8.65. The molecule has 1 fully saturated rings. The number of hydrogen-bond acceptors (Lipinski definition) is 11. The van der Waals surface area contributed by atoms with Gasteiger partial charge in [0.2, 0.25) is 0 Å². The molecule has 0 radical (unpaired) electrons. The topological polar surface area (TPSA) is 230 Å². The standard InChI is InChI=1S/C33H39F2N5O3.2C4H4O4/c1-4-42-32(41)33(2,3)28-22-40-30(37-28)15-14-29(38-40)36-18-5-19-39-20-16-27(17-21-39)43-31(23-6-10-25(34)11-7-23)24-8-12-26(35)13-9-24;2*5-3(6)1-2-4(7)8/h6-15,22,27,31H,4-5,16-21H2,1-3H3,(H,36,38);2*1-2H,(H,5,6)(H,7,8)/b;2*2-1+. The molecule has 316 valence electrons. The molecule has 1 saturated heterocycles. The minimum Gasteiger partial charge on any atom is -0.478 e. The number of aromatic nitrogens is 3. The van der Waals surface area contributed by atoms with E-state index in [4.69, 9.17) is 29.9 Å². The summed E-state index contributed by atoms with van der Waals surface area (Å²) in [6.07, 6.45) is 6.40. The fourth-order valence-electron chi connectivity index (χ4n) is 5.58. The van der Waals surface area contributed by atoms with Gasteiger partial charge in [0.1, 0.15) is 29.0 Å². The van der Waals surface area contributed by atoms with E-state index in [0.29, 0.717) is 42.3 Å². The number of ether oxygens (including phenoxy) is 2. The predicted molar refractivity (Wildman–Crippen MR) is 210 cm³/mol. The van der Waals surface area contributed by atoms with Gasteiger partial charge in [0.05, 0.1) is 24.6 Å². The minimum absolute atomic E-state index is 0.0549. The fraction of sp³-hybridized carbons (Fsp3) is 0.341. The molecule has 1 aliphatic heterocycles. The number of nitrogens with zero attached hydrogens (tertiary/aromatic N) is 4. The number of piperidine rings is 1. The van der Waals surface area contributed by atoms with Crippen molar-refractivity contribution in [2.24, 2.45) is 0 Å². The molecule has 5 rings (SSSR count). The van der Waals surface area contributed by atoms with Gasteiger partial charge in [0.25, 0.3) is 0 Å². The van der Waals surface area contributed by atoms with Crippen molar-refractivity contribution in [2.45, 2.75) is 57.7 Å². The number of anilines is 1. The van der Waals surface area contributed by atoms with Gasteiger partial charge in [-0.1, -0.05) is 24.3 Å². The lowest BCUT2D eigenvalue weighted by molar-refractivity contribution is -0.149. The lowest BCUT2D eigenvalue weighted by Gasteiger charge is -2.34. The molecule has 5 N–H and O–H groups in total. The van der Waals surface area contributed by atoms with Gasteiger partial charge in [-0.3, -0.25) is 4.79 Å². The SMILES string of the molecule is CCOC(=O)C(C)(C)c1cn2nc(NCCCN3CCC(OC(c4ccc(F)cc4)c4ccc(F)cc4)CC3)ccc2n1.O=C(O)/C=C/C(=O)O.O=C(O)/C=C/C(=O)O. The van der Waals surface area contributed by atoms with Crippen molar-refractivity contribution in [3.63, 3.8) is 0 Å². The van der Waals surface area contributed by atoms with Crippen molar-refractivity contribution >= 4 is 41.3 Å². The molecule has 16 nitrogen and oxygen atoms in total. The number of rotatable bonds is 16. The third kappa shape index (κ3) is 16.1. The number of esters is 1. The highest BCUT2D eigenvalue weighted by Gasteiger charge is 2.34. The zero-order valence-electron chi connectivity index (χ0n) is 32.7. The molecule has 0 unspecified atom stereocenters. The van der Waals surface area contributed by atoms with Crippen molar-refractivity contribution in [3.8, 4) is 0 Å². The van der Waals surface area contributed by atoms with Gasteiger partial charge in [-0.05, 0) is 94.1 Å². The first-order valence-corrected chi connectivity index (χ1v) is 18.4. The number of imidazole rings is 1. The van der Waals surface area contributed by atoms with Gasteiger partial charge in [-0.2, -0.15) is 0 Å². The van der Waals surface area contributed by atoms with E-state index in [-0.39, 0.29) is 29.8 Å². The van der Waals surface area contributed by atoms with Crippen molar-refractivity contribution in [1.29, 1.82) is 0 Å². The van der Waals surface area contributed by atoms with Gasteiger partial charge in [0, 0.05) is 43.9 Å². The predicted octanol–water partition coefficient (Wildman–Crippen LogP) is 5.34. The first-order chi connectivity index (χ1) is 28.0. The molecule has 59 heavy (non-hydrogen) atoms. The average Bonchev–Trinajstić information content (AvgIpc) is 3.64. The molecule has 0 spiro atoms. The van der Waals surface area contributed by atoms with E-state index in [1.54, 1.807) is 55.7 Å². The first-order valence-electron chi connectivity index (χ1n) is 18.4. The maximum Gasteiger partial charge on any atom is 0.328 e. The van der Waals surface area contributed by atoms with Crippen molar-refractivity contribution in [3.05, 3.63) is 120 Å². The summed E-state index contributed by atoms with van der Waals surface area (Å²) in [6, 6.07) is 16.4. The highest BCUT2D eigenvalue weighted by molar-refractivity contribution is 5.90. The second-order valence-corrected chi connectivity index (χ2v) is 13.5. The van der Waals surface area contributed by atoms with E-state index >= 15 is 0 Å². The monoisotopic (exact) mass is 823 g/mol. The zero-order chi connectivity index (χ0) is 43.5. The Balaban J connectivity index is 0.000000490. The van der Waals surface area contributed by atoms with Crippen LogP contribution in [0.25, 0.3) is 5.65 Å². The summed E-state index contributed by atoms with van der Waals surface area (Å²) in [4.78, 5) is 57.6. The molecular formula is C41H47F2N5O11. The number of likely N-dealkylation sites (tertiary alicyclic amines) is 1. The maximum atomic E-state index is 13.6. The second-order valence-electron chi connectivity index (χ2n) is 13.5. The summed E-state index contributed by atoms with van der Waals surface area (Å²) in [5.74, 6) is -5.20. The Bertz CT molecular complexity index is 1970. The summed E-state index contributed by atoms with van der Waals surface area (Å²) in [5, 5.41) is 39.3. The Hall–Kier alpha value is -6.53. The van der Waals surface area contributed by atoms with Crippen LogP contribution in [0.1, 0.15) is 63.0 Å². The molecule has 0 aliphatic carbocycles. The van der Waals surface area contributed by atoms with Gasteiger partial charge >= 0.3 is 29.8 Å². The Morgan fingerprint density at radius 3 is 1.76 bits per heavy atom. The van der Waals surface area contributed by atoms with Crippen LogP contribution in [0.15, 0.2) is 91.2 Å². The van der Waals surface area contributed by atoms with Crippen LogP contribution in [-0.2, 0) is 38.9 Å². The molecule has 0 atom stereocenters. The number of halogens is 2. The number of carbonyl (C=O) groups is 5. The zero-order valence-corrected chi connectivity index (χ0v) is 32.7. The van der Waals surface area contributed by atoms with Crippen LogP contribution in [-0.4, -0.2) is 109 Å². The summed E-state index contributed by atoms with van der Waals surface area (Å²) < 4.78 is 40.5. The summed E-state index contributed by atoms with van der Waals surface area (Å²) in [6.45, 7) is 9.27. The van der Waals surface area contributed by atoms with E-state index in [0.717, 1.165) is 62.4 Å². The third-order valence-corrected chi connectivity index (χ3v) is 8.65. The lowest BCUT2D eigenvalue weighted by Crippen LogP contribution is -2.38. The van der Waals surface area contributed by atoms with Crippen LogP contribution >= 0.6 is 0 Å². The minimum atomic E-state index is -1.26. The summed E-state index contributed by atoms with van der Waals surface area (Å²) in [5.41, 5.74) is 2.12. The molecule has 1 aliphatic rings. The van der Waals surface area contributed by atoms with Crippen molar-refractivity contribution < 1.29 is 62.7 Å². The number of carboxylic acid groups (broad SMARTS) is 4. The number of aliphatic carboxylic acids is 4. The van der Waals surface area contributed by atoms with E-state index in [1.807, 2.05) is 12.1 Å². The van der Waals surface area contributed by atoms with Gasteiger partial charge in [-0.15, -0.1) is 5.10 Å². The molecule has 0 amide bonds. The number of nitrogens with one attached hydrogen (secondary N) is 1. The number of fused-ring (bicyclic) bond motifs is 1. The smallest absolute Gasteiger partial charge is 0.328 e. The van der Waals surface area contributed by atoms with Gasteiger partial charge in [0.15, 0.2) is 5.65 Å². The molecule has 0 bridgehead atoms. The Labute approximate surface area is 338 Å². The average molecular weight is 824 g/mol. The number of hydrogen-bond donors (Lipinski definition) is 5. The van der Waals surface area contributed by atoms with Crippen molar-refractivity contribution in [1.82, 2.24) is 19.5 Å². The molecule has 2 aromatic heterocycles. The van der Waals surface area contributed by atoms with Gasteiger partial charge in [-0.25, -0.2) is 37.5 Å². The molecular weight excluding hydrogens is 776 g/mol. The summed E-state index contributed by atoms with van der Waals surface area (Å²) in [7, 11) is 0. The highest BCUT2D eigenvalue weighted by atomic mass is 19.1. The molecule has 3 heterocycles. The molecule has 18 heteroatoms. The normalized spacial score (nSPS) is 13.4. The lowest BCUT2D eigenvalue weighted by atomic mass is 9.90. The van der Waals surface area contributed by atoms with Crippen molar-refractivity contribution in [2.75, 3.05) is 38.1 Å². The van der Waals surface area contributed by atoms with E-state index in [1.165, 1.54) is 24.3 Å². The Morgan fingerprint density at radius 2 is 1.31 bits per heavy atom. The van der Waals surface area contributed by atoms with E-state index in [9.17, 15) is 32.8 Å². The van der Waals surface area contributed by atoms with E-state index < -0.39 is 29.3 Å². The number of carbonyl (C=O) groups excluding carboxylic acids is 1. The van der Waals surface area contributed by atoms with Crippen LogP contribution in [0.4, 0.5) is 14.6 Å². The first kappa shape index (κ1) is 46.8. The van der Waals surface area contributed by atoms with E-state index in [2.05, 4.69) is 20.3 Å². The summed E-state index contributed by atoms with van der Waals surface area (Å²) >= 11 is 0. The van der Waals surface area contributed by atoms with Crippen LogP contribution in [0, 0.1) is 11.6 Å². The van der Waals surface area contributed by atoms with Crippen LogP contribution in [0.2, 0.25) is 0 Å². The molecule has 2 aromatic carbocycles. The van der Waals surface area contributed by atoms with Gasteiger partial charge < -0.3 is 40.1 Å². The Kier molecular flexibility index (Phi) is 18.3. The quantitative estimate of drug-likeness (QED) is 0.0545. The van der Waals surface area contributed by atoms with Crippen LogP contribution in [0.3, 0.4) is 0 Å². The molecule has 4 aromatic rings. The number of benzene rings is 2.